The number of hydroxylamine groups is 2. The van der Waals surface area contributed by atoms with Gasteiger partial charge in [0.1, 0.15) is 24.0 Å². The average Bonchev–Trinajstić information content (AvgIpc) is 3.65. The number of methoxy groups -OCH3 is 1. The number of ether oxygens (including phenoxy) is 2. The highest BCUT2D eigenvalue weighted by molar-refractivity contribution is 5.97. The van der Waals surface area contributed by atoms with Gasteiger partial charge in [0, 0.05) is 54.2 Å². The summed E-state index contributed by atoms with van der Waals surface area (Å²) in [6.07, 6.45) is 1.26. The van der Waals surface area contributed by atoms with Crippen molar-refractivity contribution in [1.29, 1.82) is 0 Å². The van der Waals surface area contributed by atoms with Crippen LogP contribution in [0.5, 0.6) is 5.75 Å². The Bertz CT molecular complexity index is 2270. The molecule has 9 atom stereocenters. The number of hydrogen-bond donors (Lipinski definition) is 4. The summed E-state index contributed by atoms with van der Waals surface area (Å²) in [7, 11) is 5.51. The van der Waals surface area contributed by atoms with Gasteiger partial charge in [0.2, 0.25) is 5.91 Å². The Morgan fingerprint density at radius 1 is 0.938 bits per heavy atom. The monoisotopic (exact) mass is 888 g/mol. The predicted molar refractivity (Wildman–Crippen MR) is 255 cm³/mol. The Kier molecular flexibility index (Phi) is 14.9. The number of rotatable bonds is 17. The second-order valence-corrected chi connectivity index (χ2v) is 19.7. The van der Waals surface area contributed by atoms with Crippen LogP contribution in [-0.4, -0.2) is 86.2 Å². The summed E-state index contributed by atoms with van der Waals surface area (Å²) in [5.74, 6) is 1.12. The number of aliphatic hydroxyl groups excluding tert-OH is 1. The van der Waals surface area contributed by atoms with Gasteiger partial charge in [-0.05, 0) is 103 Å². The van der Waals surface area contributed by atoms with Gasteiger partial charge in [0.15, 0.2) is 0 Å². The second-order valence-electron chi connectivity index (χ2n) is 19.7. The SMILES string of the molecule is COc1c(CN2O[C@@H](CO)C(C(C)OC(=O)Nc3ccccc3)[C@H]2C(=O)N[C@H]2C[C@H]3C[C@@H]([C@@H]2C)C3(C)C)cccc1-c1cc(C(=O)N[C@@H](Cc2ccccc2)CC(C)C)cc(N(C)C)c1. The van der Waals surface area contributed by atoms with Crippen LogP contribution in [0.4, 0.5) is 16.2 Å². The molecule has 12 heteroatoms. The van der Waals surface area contributed by atoms with E-state index in [4.69, 9.17) is 14.3 Å². The van der Waals surface area contributed by atoms with Gasteiger partial charge in [-0.3, -0.25) is 19.7 Å². The van der Waals surface area contributed by atoms with E-state index >= 15 is 0 Å². The van der Waals surface area contributed by atoms with Crippen molar-refractivity contribution in [2.75, 3.05) is 38.0 Å². The number of para-hydroxylation sites is 2. The van der Waals surface area contributed by atoms with Gasteiger partial charge in [0.05, 0.1) is 26.2 Å². The quantitative estimate of drug-likeness (QED) is 0.0820. The van der Waals surface area contributed by atoms with E-state index in [1.807, 2.05) is 91.8 Å². The number of aliphatic hydroxyl groups is 1. The molecule has 3 saturated carbocycles. The zero-order valence-electron chi connectivity index (χ0n) is 39.5. The van der Waals surface area contributed by atoms with Gasteiger partial charge in [-0.2, -0.15) is 5.06 Å². The van der Waals surface area contributed by atoms with Crippen molar-refractivity contribution >= 4 is 29.3 Å². The minimum absolute atomic E-state index is 0.0280. The summed E-state index contributed by atoms with van der Waals surface area (Å²) in [5, 5.41) is 22.0. The molecule has 4 N–H and O–H groups in total. The maximum atomic E-state index is 14.8. The lowest BCUT2D eigenvalue weighted by atomic mass is 9.45. The molecule has 2 unspecified atom stereocenters. The van der Waals surface area contributed by atoms with Crippen LogP contribution in [0.2, 0.25) is 0 Å². The highest BCUT2D eigenvalue weighted by Gasteiger charge is 2.57. The lowest BCUT2D eigenvalue weighted by Gasteiger charge is -2.62. The first-order valence-corrected chi connectivity index (χ1v) is 23.3. The number of amides is 3. The van der Waals surface area contributed by atoms with Crippen LogP contribution in [0.15, 0.2) is 97.1 Å². The largest absolute Gasteiger partial charge is 0.496 e. The minimum Gasteiger partial charge on any atom is -0.496 e. The highest BCUT2D eigenvalue weighted by Crippen LogP contribution is 2.61. The fourth-order valence-electron chi connectivity index (χ4n) is 10.8. The average molecular weight is 888 g/mol. The molecule has 3 aliphatic carbocycles. The van der Waals surface area contributed by atoms with Gasteiger partial charge >= 0.3 is 6.09 Å². The predicted octanol–water partition coefficient (Wildman–Crippen LogP) is 8.73. The molecule has 348 valence electrons. The number of carbonyl (C=O) groups excluding carboxylic acids is 3. The van der Waals surface area contributed by atoms with Crippen LogP contribution in [0.25, 0.3) is 11.1 Å². The van der Waals surface area contributed by atoms with E-state index in [2.05, 4.69) is 62.7 Å². The zero-order chi connectivity index (χ0) is 46.6. The molecule has 8 rings (SSSR count). The number of anilines is 2. The number of nitrogens with one attached hydrogen (secondary N) is 3. The molecule has 1 heterocycles. The summed E-state index contributed by atoms with van der Waals surface area (Å²) in [4.78, 5) is 50.7. The first-order chi connectivity index (χ1) is 31.1. The maximum absolute atomic E-state index is 14.8. The summed E-state index contributed by atoms with van der Waals surface area (Å²) in [6, 6.07) is 29.9. The van der Waals surface area contributed by atoms with Gasteiger partial charge in [-0.1, -0.05) is 101 Å². The fraction of sp³-hybridized carbons (Fsp3) is 0.491. The lowest BCUT2D eigenvalue weighted by molar-refractivity contribution is -0.183. The van der Waals surface area contributed by atoms with Crippen LogP contribution in [0, 0.1) is 35.0 Å². The molecule has 4 aromatic rings. The summed E-state index contributed by atoms with van der Waals surface area (Å²) in [5.41, 5.74) is 5.62. The highest BCUT2D eigenvalue weighted by atomic mass is 16.7. The molecule has 65 heavy (non-hydrogen) atoms. The Labute approximate surface area is 385 Å². The van der Waals surface area contributed by atoms with E-state index < -0.39 is 36.9 Å². The van der Waals surface area contributed by atoms with Crippen molar-refractivity contribution < 1.29 is 33.8 Å². The Morgan fingerprint density at radius 3 is 2.28 bits per heavy atom. The number of nitrogens with zero attached hydrogens (tertiary/aromatic N) is 2. The van der Waals surface area contributed by atoms with Crippen LogP contribution in [-0.2, 0) is 27.3 Å². The van der Waals surface area contributed by atoms with Gasteiger partial charge in [-0.15, -0.1) is 0 Å². The summed E-state index contributed by atoms with van der Waals surface area (Å²) >= 11 is 0. The van der Waals surface area contributed by atoms with Crippen LogP contribution in [0.3, 0.4) is 0 Å². The Hall–Kier alpha value is -5.43. The van der Waals surface area contributed by atoms with E-state index in [9.17, 15) is 19.5 Å². The zero-order valence-corrected chi connectivity index (χ0v) is 39.5. The van der Waals surface area contributed by atoms with E-state index in [1.165, 1.54) is 12.0 Å². The van der Waals surface area contributed by atoms with Gasteiger partial charge in [-0.25, -0.2) is 4.79 Å². The van der Waals surface area contributed by atoms with Gasteiger partial charge < -0.3 is 30.1 Å². The molecular weight excluding hydrogens is 819 g/mol. The Balaban J connectivity index is 1.18. The molecule has 1 aliphatic heterocycles. The third-order valence-electron chi connectivity index (χ3n) is 14.4. The Morgan fingerprint density at radius 2 is 1.65 bits per heavy atom. The van der Waals surface area contributed by atoms with Gasteiger partial charge in [0.25, 0.3) is 5.91 Å². The van der Waals surface area contributed by atoms with Crippen LogP contribution >= 0.6 is 0 Å². The molecule has 4 fully saturated rings. The van der Waals surface area contributed by atoms with E-state index in [1.54, 1.807) is 31.2 Å². The first kappa shape index (κ1) is 47.5. The van der Waals surface area contributed by atoms with Crippen molar-refractivity contribution in [1.82, 2.24) is 15.7 Å². The van der Waals surface area contributed by atoms with Crippen molar-refractivity contribution in [2.24, 2.45) is 35.0 Å². The number of benzene rings is 4. The smallest absolute Gasteiger partial charge is 0.411 e. The third-order valence-corrected chi connectivity index (χ3v) is 14.4. The number of carbonyl (C=O) groups is 3. The normalized spacial score (nSPS) is 24.3. The summed E-state index contributed by atoms with van der Waals surface area (Å²) in [6.45, 7) is 12.7. The lowest BCUT2D eigenvalue weighted by Crippen LogP contribution is -2.62. The molecule has 1 saturated heterocycles. The van der Waals surface area contributed by atoms with Crippen LogP contribution in [0.1, 0.15) is 82.3 Å². The molecule has 4 aromatic carbocycles. The first-order valence-electron chi connectivity index (χ1n) is 23.3. The minimum atomic E-state index is -0.930. The van der Waals surface area contributed by atoms with Crippen molar-refractivity contribution in [2.45, 2.75) is 104 Å². The fourth-order valence-corrected chi connectivity index (χ4v) is 10.8. The van der Waals surface area contributed by atoms with Crippen molar-refractivity contribution in [3.63, 3.8) is 0 Å². The topological polar surface area (TPSA) is 142 Å². The third kappa shape index (κ3) is 10.7. The molecule has 0 spiro atoms. The molecular formula is C53H69N5O7. The number of hydrogen-bond acceptors (Lipinski definition) is 9. The van der Waals surface area contributed by atoms with Crippen molar-refractivity contribution in [3.8, 4) is 16.9 Å². The van der Waals surface area contributed by atoms with E-state index in [-0.39, 0.29) is 41.8 Å². The van der Waals surface area contributed by atoms with E-state index in [0.717, 1.165) is 41.6 Å². The van der Waals surface area contributed by atoms with Crippen molar-refractivity contribution in [3.05, 3.63) is 114 Å². The molecule has 3 amide bonds. The number of fused-ring (bicyclic) bond motifs is 2. The molecule has 4 aliphatic rings. The second kappa shape index (κ2) is 20.4. The van der Waals surface area contributed by atoms with Crippen LogP contribution < -0.4 is 25.6 Å². The molecule has 0 aromatic heterocycles. The molecule has 2 bridgehead atoms. The standard InChI is InChI=1S/C53H69N5O7/c1-32(2)23-41(24-35-17-12-10-13-18-35)54-50(60)38-25-37(26-42(27-38)57(7)8)43-22-16-19-36(49(43)63-9)30-58-48(51(61)56-45-29-39-28-44(33(45)3)53(39,5)6)47(46(31-59)65-58)34(4)64-52(62)55-40-20-14-11-15-21-40/h10-22,25-27,32-34,39,41,44-48,59H,23-24,28-31H2,1-9H3,(H,54,60)(H,55,62)(H,56,61)/t33-,34?,39+,41+,44-,45-,46-,47?,48-/m0/s1. The van der Waals surface area contributed by atoms with E-state index in [0.29, 0.717) is 34.8 Å². The molecule has 0 radical (unpaired) electrons. The maximum Gasteiger partial charge on any atom is 0.411 e. The molecule has 12 nitrogen and oxygen atoms in total. The summed E-state index contributed by atoms with van der Waals surface area (Å²) < 4.78 is 12.2.